The quantitative estimate of drug-likeness (QED) is 0.680. The average Bonchev–Trinajstić information content (AvgIpc) is 2.41. The Hall–Kier alpha value is -2.13. The largest absolute Gasteiger partial charge is 0.268 e. The third kappa shape index (κ3) is 2.02. The molecule has 0 aliphatic rings. The lowest BCUT2D eigenvalue weighted by Gasteiger charge is -2.08. The van der Waals surface area contributed by atoms with Crippen molar-refractivity contribution in [3.63, 3.8) is 0 Å². The molecule has 0 fully saturated rings. The van der Waals surface area contributed by atoms with Crippen LogP contribution in [-0.2, 0) is 0 Å². The first-order valence-electron chi connectivity index (χ1n) is 5.91. The maximum Gasteiger partial charge on any atom is 0.265 e. The molecule has 0 aliphatic carbocycles. The zero-order valence-corrected chi connectivity index (χ0v) is 11.1. The Morgan fingerprint density at radius 2 is 1.84 bits per heavy atom. The number of hydrogen-bond donors (Lipinski definition) is 0. The molecule has 3 nitrogen and oxygen atoms in total. The molecule has 0 saturated heterocycles. The maximum atomic E-state index is 12.5. The Morgan fingerprint density at radius 1 is 1.11 bits per heavy atom. The van der Waals surface area contributed by atoms with Crippen molar-refractivity contribution in [3.8, 4) is 11.1 Å². The smallest absolute Gasteiger partial charge is 0.265 e. The van der Waals surface area contributed by atoms with Crippen LogP contribution in [0.15, 0.2) is 53.5 Å². The molecule has 0 spiro atoms. The van der Waals surface area contributed by atoms with Crippen molar-refractivity contribution in [3.05, 3.63) is 69.7 Å². The first-order valence-corrected chi connectivity index (χ1v) is 6.28. The maximum absolute atomic E-state index is 12.5. The van der Waals surface area contributed by atoms with Crippen LogP contribution in [0.2, 0.25) is 5.02 Å². The van der Waals surface area contributed by atoms with Gasteiger partial charge in [0, 0.05) is 11.2 Å². The number of benzene rings is 1. The molecule has 0 unspecified atom stereocenters. The Labute approximate surface area is 115 Å². The number of aryl methyl sites for hydroxylation is 1. The highest BCUT2D eigenvalue weighted by Gasteiger charge is 2.11. The zero-order chi connectivity index (χ0) is 13.4. The molecule has 0 N–H and O–H groups in total. The highest BCUT2D eigenvalue weighted by Crippen LogP contribution is 2.21. The van der Waals surface area contributed by atoms with Crippen molar-refractivity contribution in [2.45, 2.75) is 6.92 Å². The van der Waals surface area contributed by atoms with Gasteiger partial charge in [0.15, 0.2) is 0 Å². The number of pyridine rings is 1. The highest BCUT2D eigenvalue weighted by atomic mass is 35.5. The summed E-state index contributed by atoms with van der Waals surface area (Å²) in [7, 11) is 0. The second-order valence-corrected chi connectivity index (χ2v) is 4.75. The molecule has 4 heteroatoms. The standard InChI is InChI=1S/C15H11ClN2O/c1-10-14(11-5-7-12(16)8-6-11)15(19)18-9-3-2-4-13(18)17-10/h2-9H,1H3. The molecule has 94 valence electrons. The summed E-state index contributed by atoms with van der Waals surface area (Å²) in [5, 5.41) is 0.648. The summed E-state index contributed by atoms with van der Waals surface area (Å²) in [6.07, 6.45) is 1.73. The number of aromatic nitrogens is 2. The first kappa shape index (κ1) is 11.9. The van der Waals surface area contributed by atoms with E-state index in [2.05, 4.69) is 4.98 Å². The molecule has 0 atom stereocenters. The third-order valence-electron chi connectivity index (χ3n) is 3.05. The van der Waals surface area contributed by atoms with Crippen molar-refractivity contribution >= 4 is 17.2 Å². The zero-order valence-electron chi connectivity index (χ0n) is 10.3. The van der Waals surface area contributed by atoms with Gasteiger partial charge >= 0.3 is 0 Å². The van der Waals surface area contributed by atoms with Gasteiger partial charge in [-0.05, 0) is 36.8 Å². The van der Waals surface area contributed by atoms with Gasteiger partial charge in [-0.25, -0.2) is 4.98 Å². The summed E-state index contributed by atoms with van der Waals surface area (Å²) in [6, 6.07) is 12.7. The molecule has 2 heterocycles. The SMILES string of the molecule is Cc1nc2ccccn2c(=O)c1-c1ccc(Cl)cc1. The van der Waals surface area contributed by atoms with Crippen molar-refractivity contribution in [2.24, 2.45) is 0 Å². The fraction of sp³-hybridized carbons (Fsp3) is 0.0667. The van der Waals surface area contributed by atoms with Crippen LogP contribution in [0.3, 0.4) is 0 Å². The Bertz CT molecular complexity index is 806. The molecule has 0 bridgehead atoms. The van der Waals surface area contributed by atoms with E-state index in [1.54, 1.807) is 22.7 Å². The van der Waals surface area contributed by atoms with Gasteiger partial charge in [-0.3, -0.25) is 9.20 Å². The Balaban J connectivity index is 2.35. The molecule has 0 aliphatic heterocycles. The summed E-state index contributed by atoms with van der Waals surface area (Å²) in [4.78, 5) is 17.0. The fourth-order valence-electron chi connectivity index (χ4n) is 2.15. The number of rotatable bonds is 1. The van der Waals surface area contributed by atoms with E-state index in [0.717, 1.165) is 11.3 Å². The van der Waals surface area contributed by atoms with Crippen molar-refractivity contribution in [1.82, 2.24) is 9.38 Å². The summed E-state index contributed by atoms with van der Waals surface area (Å²) in [5.41, 5.74) is 2.75. The second-order valence-electron chi connectivity index (χ2n) is 4.31. The Morgan fingerprint density at radius 3 is 2.58 bits per heavy atom. The normalized spacial score (nSPS) is 10.8. The minimum Gasteiger partial charge on any atom is -0.268 e. The van der Waals surface area contributed by atoms with Gasteiger partial charge in [0.25, 0.3) is 5.56 Å². The number of nitrogens with zero attached hydrogens (tertiary/aromatic N) is 2. The summed E-state index contributed by atoms with van der Waals surface area (Å²) in [5.74, 6) is 0. The topological polar surface area (TPSA) is 34.4 Å². The van der Waals surface area contributed by atoms with Crippen LogP contribution in [0.1, 0.15) is 5.69 Å². The van der Waals surface area contributed by atoms with Gasteiger partial charge in [0.1, 0.15) is 5.65 Å². The van der Waals surface area contributed by atoms with Gasteiger partial charge in [0.2, 0.25) is 0 Å². The van der Waals surface area contributed by atoms with E-state index in [0.29, 0.717) is 16.2 Å². The third-order valence-corrected chi connectivity index (χ3v) is 3.30. The van der Waals surface area contributed by atoms with Crippen LogP contribution in [-0.4, -0.2) is 9.38 Å². The fourth-order valence-corrected chi connectivity index (χ4v) is 2.27. The number of fused-ring (bicyclic) bond motifs is 1. The lowest BCUT2D eigenvalue weighted by Crippen LogP contribution is -2.18. The molecule has 3 aromatic rings. The lowest BCUT2D eigenvalue weighted by molar-refractivity contribution is 1.02. The van der Waals surface area contributed by atoms with Crippen LogP contribution < -0.4 is 5.56 Å². The predicted octanol–water partition coefficient (Wildman–Crippen LogP) is 3.32. The van der Waals surface area contributed by atoms with Crippen LogP contribution in [0.5, 0.6) is 0 Å². The minimum atomic E-state index is -0.0644. The molecule has 0 radical (unpaired) electrons. The molecular weight excluding hydrogens is 260 g/mol. The van der Waals surface area contributed by atoms with E-state index in [1.807, 2.05) is 37.3 Å². The lowest BCUT2D eigenvalue weighted by atomic mass is 10.1. The molecule has 2 aromatic heterocycles. The van der Waals surface area contributed by atoms with E-state index in [-0.39, 0.29) is 5.56 Å². The van der Waals surface area contributed by atoms with E-state index < -0.39 is 0 Å². The van der Waals surface area contributed by atoms with E-state index in [4.69, 9.17) is 11.6 Å². The van der Waals surface area contributed by atoms with Crippen LogP contribution in [0.25, 0.3) is 16.8 Å². The van der Waals surface area contributed by atoms with Crippen LogP contribution in [0, 0.1) is 6.92 Å². The highest BCUT2D eigenvalue weighted by molar-refractivity contribution is 6.30. The van der Waals surface area contributed by atoms with E-state index in [9.17, 15) is 4.79 Å². The summed E-state index contributed by atoms with van der Waals surface area (Å²) < 4.78 is 1.55. The number of halogens is 1. The molecule has 0 saturated carbocycles. The van der Waals surface area contributed by atoms with Crippen molar-refractivity contribution < 1.29 is 0 Å². The molecule has 0 amide bonds. The van der Waals surface area contributed by atoms with E-state index >= 15 is 0 Å². The predicted molar refractivity (Wildman–Crippen MR) is 76.6 cm³/mol. The van der Waals surface area contributed by atoms with Crippen LogP contribution >= 0.6 is 11.6 Å². The van der Waals surface area contributed by atoms with Gasteiger partial charge in [-0.1, -0.05) is 29.8 Å². The van der Waals surface area contributed by atoms with Gasteiger partial charge in [-0.2, -0.15) is 0 Å². The number of hydrogen-bond acceptors (Lipinski definition) is 2. The Kier molecular flexibility index (Phi) is 2.84. The minimum absolute atomic E-state index is 0.0644. The molecule has 1 aromatic carbocycles. The van der Waals surface area contributed by atoms with Crippen LogP contribution in [0.4, 0.5) is 0 Å². The molecule has 19 heavy (non-hydrogen) atoms. The second kappa shape index (κ2) is 4.52. The molecular formula is C15H11ClN2O. The van der Waals surface area contributed by atoms with Gasteiger partial charge in [-0.15, -0.1) is 0 Å². The summed E-state index contributed by atoms with van der Waals surface area (Å²) in [6.45, 7) is 1.85. The molecule has 3 rings (SSSR count). The van der Waals surface area contributed by atoms with Gasteiger partial charge < -0.3 is 0 Å². The van der Waals surface area contributed by atoms with Gasteiger partial charge in [0.05, 0.1) is 11.3 Å². The monoisotopic (exact) mass is 270 g/mol. The van der Waals surface area contributed by atoms with Crippen molar-refractivity contribution in [1.29, 1.82) is 0 Å². The van der Waals surface area contributed by atoms with Crippen molar-refractivity contribution in [2.75, 3.05) is 0 Å². The average molecular weight is 271 g/mol. The first-order chi connectivity index (χ1) is 9.16. The van der Waals surface area contributed by atoms with E-state index in [1.165, 1.54) is 0 Å². The summed E-state index contributed by atoms with van der Waals surface area (Å²) >= 11 is 5.87.